The van der Waals surface area contributed by atoms with E-state index in [2.05, 4.69) is 9.97 Å². The number of pyridine rings is 3. The highest BCUT2D eigenvalue weighted by Gasteiger charge is 2.26. The van der Waals surface area contributed by atoms with Crippen LogP contribution < -0.4 is 0 Å². The molecule has 1 saturated heterocycles. The highest BCUT2D eigenvalue weighted by molar-refractivity contribution is 6.07. The minimum atomic E-state index is -0.0538. The van der Waals surface area contributed by atoms with Gasteiger partial charge in [0.05, 0.1) is 40.8 Å². The summed E-state index contributed by atoms with van der Waals surface area (Å²) in [6.07, 6.45) is 5.52. The molecule has 1 aliphatic heterocycles. The van der Waals surface area contributed by atoms with E-state index in [0.29, 0.717) is 24.3 Å². The topological polar surface area (TPSA) is 68.2 Å². The van der Waals surface area contributed by atoms with Gasteiger partial charge in [-0.2, -0.15) is 0 Å². The van der Waals surface area contributed by atoms with Gasteiger partial charge < -0.3 is 9.64 Å². The summed E-state index contributed by atoms with van der Waals surface area (Å²) >= 11 is 0. The number of aromatic nitrogens is 3. The van der Waals surface area contributed by atoms with Crippen molar-refractivity contribution >= 4 is 16.8 Å². The summed E-state index contributed by atoms with van der Waals surface area (Å²) in [5, 5.41) is 0.829. The van der Waals surface area contributed by atoms with Gasteiger partial charge >= 0.3 is 0 Å². The number of ether oxygens (including phenoxy) is 1. The molecule has 3 aromatic heterocycles. The highest BCUT2D eigenvalue weighted by atomic mass is 16.5. The Labute approximate surface area is 186 Å². The molecule has 0 aliphatic carbocycles. The lowest BCUT2D eigenvalue weighted by Gasteiger charge is -2.26. The molecule has 0 bridgehead atoms. The summed E-state index contributed by atoms with van der Waals surface area (Å²) in [6.45, 7) is 1.71. The van der Waals surface area contributed by atoms with Crippen LogP contribution in [-0.4, -0.2) is 45.0 Å². The van der Waals surface area contributed by atoms with Crippen molar-refractivity contribution in [1.82, 2.24) is 19.9 Å². The van der Waals surface area contributed by atoms with Crippen LogP contribution in [-0.2, 0) is 11.3 Å². The Morgan fingerprint density at radius 3 is 2.53 bits per heavy atom. The van der Waals surface area contributed by atoms with Crippen molar-refractivity contribution in [3.63, 3.8) is 0 Å². The van der Waals surface area contributed by atoms with Crippen molar-refractivity contribution in [2.75, 3.05) is 13.2 Å². The third-order valence-corrected chi connectivity index (χ3v) is 5.69. The van der Waals surface area contributed by atoms with Gasteiger partial charge in [-0.3, -0.25) is 14.8 Å². The van der Waals surface area contributed by atoms with Crippen LogP contribution in [0.25, 0.3) is 22.3 Å². The molecule has 32 heavy (non-hydrogen) atoms. The van der Waals surface area contributed by atoms with Crippen LogP contribution in [0.4, 0.5) is 0 Å². The van der Waals surface area contributed by atoms with Gasteiger partial charge in [-0.1, -0.05) is 30.3 Å². The largest absolute Gasteiger partial charge is 0.376 e. The minimum Gasteiger partial charge on any atom is -0.376 e. The molecule has 1 atom stereocenters. The summed E-state index contributed by atoms with van der Waals surface area (Å²) < 4.78 is 5.85. The fraction of sp³-hybridized carbons (Fsp3) is 0.231. The normalized spacial score (nSPS) is 15.7. The fourth-order valence-electron chi connectivity index (χ4n) is 4.11. The lowest BCUT2D eigenvalue weighted by molar-refractivity contribution is 0.0506. The molecule has 0 saturated carbocycles. The van der Waals surface area contributed by atoms with Gasteiger partial charge in [-0.15, -0.1) is 0 Å². The number of benzene rings is 1. The van der Waals surface area contributed by atoms with E-state index in [1.54, 1.807) is 12.4 Å². The molecule has 5 rings (SSSR count). The molecule has 1 amide bonds. The van der Waals surface area contributed by atoms with Crippen LogP contribution in [0.2, 0.25) is 0 Å². The van der Waals surface area contributed by atoms with E-state index in [0.717, 1.165) is 41.7 Å². The molecule has 160 valence electrons. The Hall–Kier alpha value is -3.64. The molecule has 0 N–H and O–H groups in total. The first-order chi connectivity index (χ1) is 15.8. The van der Waals surface area contributed by atoms with E-state index < -0.39 is 0 Å². The summed E-state index contributed by atoms with van der Waals surface area (Å²) in [5.74, 6) is -0.0538. The fourth-order valence-corrected chi connectivity index (χ4v) is 4.11. The smallest absolute Gasteiger partial charge is 0.255 e. The summed E-state index contributed by atoms with van der Waals surface area (Å²) in [4.78, 5) is 29.4. The predicted molar refractivity (Wildman–Crippen MR) is 123 cm³/mol. The summed E-state index contributed by atoms with van der Waals surface area (Å²) in [5.41, 5.74) is 3.66. The molecule has 1 aromatic carbocycles. The van der Waals surface area contributed by atoms with Crippen molar-refractivity contribution in [3.05, 3.63) is 90.4 Å². The van der Waals surface area contributed by atoms with Crippen LogP contribution in [0, 0.1) is 0 Å². The molecular formula is C26H24N4O2. The van der Waals surface area contributed by atoms with Crippen LogP contribution in [0.3, 0.4) is 0 Å². The van der Waals surface area contributed by atoms with Crippen molar-refractivity contribution in [1.29, 1.82) is 0 Å². The van der Waals surface area contributed by atoms with Crippen LogP contribution in [0.15, 0.2) is 79.1 Å². The maximum absolute atomic E-state index is 13.9. The Kier molecular flexibility index (Phi) is 5.85. The molecule has 4 aromatic rings. The molecule has 6 nitrogen and oxygen atoms in total. The second kappa shape index (κ2) is 9.24. The number of para-hydroxylation sites is 1. The van der Waals surface area contributed by atoms with E-state index in [1.807, 2.05) is 71.6 Å². The number of fused-ring (bicyclic) bond motifs is 1. The van der Waals surface area contributed by atoms with Crippen molar-refractivity contribution < 1.29 is 9.53 Å². The molecule has 1 aliphatic rings. The van der Waals surface area contributed by atoms with Gasteiger partial charge in [0.15, 0.2) is 0 Å². The number of rotatable bonds is 6. The average molecular weight is 425 g/mol. The SMILES string of the molecule is O=C(c1cc(-c2ccccn2)nc2ccccc12)N(Cc1ccccn1)C[C@@H]1CCCO1. The standard InChI is InChI=1S/C26H24N4O2/c31-26(30(18-20-9-7-15-32-20)17-19-8-3-5-13-27-19)22-16-25(24-12-4-6-14-28-24)29-23-11-2-1-10-21(22)23/h1-6,8,10-14,16,20H,7,9,15,17-18H2/t20-/m0/s1. The lowest BCUT2D eigenvalue weighted by Crippen LogP contribution is -2.37. The first-order valence-corrected chi connectivity index (χ1v) is 10.9. The molecule has 0 unspecified atom stereocenters. The first-order valence-electron chi connectivity index (χ1n) is 10.9. The van der Waals surface area contributed by atoms with Crippen molar-refractivity contribution in [3.8, 4) is 11.4 Å². The first kappa shape index (κ1) is 20.3. The number of nitrogens with zero attached hydrogens (tertiary/aromatic N) is 4. The van der Waals surface area contributed by atoms with E-state index in [1.165, 1.54) is 0 Å². The Balaban J connectivity index is 1.56. The van der Waals surface area contributed by atoms with E-state index in [9.17, 15) is 4.79 Å². The second-order valence-corrected chi connectivity index (χ2v) is 7.93. The number of carbonyl (C=O) groups is 1. The zero-order valence-electron chi connectivity index (χ0n) is 17.7. The van der Waals surface area contributed by atoms with Crippen molar-refractivity contribution in [2.24, 2.45) is 0 Å². The Morgan fingerprint density at radius 1 is 0.969 bits per heavy atom. The lowest BCUT2D eigenvalue weighted by atomic mass is 10.0. The minimum absolute atomic E-state index is 0.0472. The van der Waals surface area contributed by atoms with E-state index in [4.69, 9.17) is 9.72 Å². The summed E-state index contributed by atoms with van der Waals surface area (Å²) in [7, 11) is 0. The maximum Gasteiger partial charge on any atom is 0.255 e. The predicted octanol–water partition coefficient (Wildman–Crippen LogP) is 4.51. The summed E-state index contributed by atoms with van der Waals surface area (Å²) in [6, 6.07) is 21.1. The number of amides is 1. The number of hydrogen-bond acceptors (Lipinski definition) is 5. The van der Waals surface area contributed by atoms with Gasteiger partial charge in [0, 0.05) is 30.9 Å². The highest BCUT2D eigenvalue weighted by Crippen LogP contribution is 2.26. The third kappa shape index (κ3) is 4.36. The van der Waals surface area contributed by atoms with Gasteiger partial charge in [-0.25, -0.2) is 4.98 Å². The second-order valence-electron chi connectivity index (χ2n) is 7.93. The van der Waals surface area contributed by atoms with E-state index >= 15 is 0 Å². The van der Waals surface area contributed by atoms with Crippen LogP contribution >= 0.6 is 0 Å². The van der Waals surface area contributed by atoms with E-state index in [-0.39, 0.29) is 12.0 Å². The van der Waals surface area contributed by atoms with Crippen LogP contribution in [0.1, 0.15) is 28.9 Å². The molecular weight excluding hydrogens is 400 g/mol. The molecule has 0 radical (unpaired) electrons. The van der Waals surface area contributed by atoms with Gasteiger partial charge in [0.25, 0.3) is 5.91 Å². The average Bonchev–Trinajstić information content (AvgIpc) is 3.37. The zero-order chi connectivity index (χ0) is 21.8. The monoisotopic (exact) mass is 424 g/mol. The number of hydrogen-bond donors (Lipinski definition) is 0. The van der Waals surface area contributed by atoms with Gasteiger partial charge in [0.1, 0.15) is 0 Å². The molecule has 6 heteroatoms. The quantitative estimate of drug-likeness (QED) is 0.455. The number of carbonyl (C=O) groups excluding carboxylic acids is 1. The molecule has 4 heterocycles. The van der Waals surface area contributed by atoms with Gasteiger partial charge in [-0.05, 0) is 49.2 Å². The molecule has 0 spiro atoms. The Bertz CT molecular complexity index is 1210. The van der Waals surface area contributed by atoms with Gasteiger partial charge in [0.2, 0.25) is 0 Å². The van der Waals surface area contributed by atoms with Crippen LogP contribution in [0.5, 0.6) is 0 Å². The van der Waals surface area contributed by atoms with Crippen molar-refractivity contribution in [2.45, 2.75) is 25.5 Å². The Morgan fingerprint density at radius 2 is 1.78 bits per heavy atom. The molecule has 1 fully saturated rings. The zero-order valence-corrected chi connectivity index (χ0v) is 17.7. The maximum atomic E-state index is 13.9. The third-order valence-electron chi connectivity index (χ3n) is 5.69.